The average molecular weight is 831 g/mol. The van der Waals surface area contributed by atoms with Crippen molar-refractivity contribution in [1.29, 1.82) is 0 Å². The zero-order valence-corrected chi connectivity index (χ0v) is 34.3. The number of carbonyl (C=O) groups excluding carboxylic acids is 2. The normalized spacial score (nSPS) is 17.4. The molecule has 0 saturated carbocycles. The van der Waals surface area contributed by atoms with E-state index in [1.807, 2.05) is 44.2 Å². The predicted octanol–water partition coefficient (Wildman–Crippen LogP) is 5.39. The Morgan fingerprint density at radius 3 is 2.24 bits per heavy atom. The van der Waals surface area contributed by atoms with Gasteiger partial charge in [0.1, 0.15) is 5.75 Å². The number of benzene rings is 2. The molecule has 0 spiro atoms. The van der Waals surface area contributed by atoms with Crippen molar-refractivity contribution in [1.82, 2.24) is 14.8 Å². The first-order valence-corrected chi connectivity index (χ1v) is 20.5. The number of anilines is 1. The minimum absolute atomic E-state index is 0.0259. The number of hydrogen-bond donors (Lipinski definition) is 2. The molecule has 0 radical (unpaired) electrons. The van der Waals surface area contributed by atoms with Crippen molar-refractivity contribution in [3.8, 4) is 17.0 Å². The number of amides is 2. The van der Waals surface area contributed by atoms with E-state index in [1.54, 1.807) is 4.90 Å². The highest BCUT2D eigenvalue weighted by molar-refractivity contribution is 6.30. The smallest absolute Gasteiger partial charge is 0.269 e. The summed E-state index contributed by atoms with van der Waals surface area (Å²) < 4.78 is 56.2. The van der Waals surface area contributed by atoms with Crippen LogP contribution in [0.25, 0.3) is 11.3 Å². The van der Waals surface area contributed by atoms with Crippen LogP contribution < -0.4 is 21.1 Å². The van der Waals surface area contributed by atoms with Crippen LogP contribution in [0, 0.1) is 0 Å². The van der Waals surface area contributed by atoms with E-state index in [4.69, 9.17) is 51.7 Å². The second kappa shape index (κ2) is 23.0. The number of nitrogens with two attached hydrogens (primary N) is 2. The standard InChI is InChI=1S/C42H57ClF2N6O7/c1-3-31-28-50(42(53)32-10-9-30(43)25-35(32)40(44)45)14-15-51(31)39-34(26-36(48-38(39)41(47)52)33-7-5-6-8-37(33)58-4-2)29-11-13-49(27-29)16-18-55-20-22-57-24-23-56-21-19-54-17-12-46/h5-10,25-26,29,31,40H,3-4,11-24,27-28,46H2,1-2H3,(H2,47,52)/t29-,31+/m0/s1. The third-order valence-corrected chi connectivity index (χ3v) is 10.6. The van der Waals surface area contributed by atoms with Crippen LogP contribution in [0.1, 0.15) is 71.0 Å². The van der Waals surface area contributed by atoms with Crippen LogP contribution in [0.4, 0.5) is 14.5 Å². The summed E-state index contributed by atoms with van der Waals surface area (Å²) in [6, 6.07) is 13.3. The van der Waals surface area contributed by atoms with Gasteiger partial charge < -0.3 is 49.9 Å². The van der Waals surface area contributed by atoms with E-state index in [1.165, 1.54) is 12.1 Å². The molecule has 2 saturated heterocycles. The quantitative estimate of drug-likeness (QED) is 0.118. The molecule has 2 fully saturated rings. The third-order valence-electron chi connectivity index (χ3n) is 10.4. The van der Waals surface area contributed by atoms with Crippen LogP contribution in [0.5, 0.6) is 5.75 Å². The van der Waals surface area contributed by atoms with Crippen LogP contribution in [0.3, 0.4) is 0 Å². The number of aromatic nitrogens is 1. The number of hydrogen-bond acceptors (Lipinski definition) is 11. The zero-order chi connectivity index (χ0) is 41.4. The number of piperazine rings is 1. The van der Waals surface area contributed by atoms with E-state index in [0.29, 0.717) is 96.1 Å². The minimum Gasteiger partial charge on any atom is -0.493 e. The lowest BCUT2D eigenvalue weighted by Gasteiger charge is -2.44. The summed E-state index contributed by atoms with van der Waals surface area (Å²) in [4.78, 5) is 38.1. The molecule has 1 aromatic heterocycles. The average Bonchev–Trinajstić information content (AvgIpc) is 3.70. The van der Waals surface area contributed by atoms with E-state index >= 15 is 0 Å². The van der Waals surface area contributed by atoms with E-state index in [0.717, 1.165) is 43.2 Å². The van der Waals surface area contributed by atoms with Crippen molar-refractivity contribution >= 4 is 29.1 Å². The van der Waals surface area contributed by atoms with Crippen LogP contribution >= 0.6 is 11.6 Å². The summed E-state index contributed by atoms with van der Waals surface area (Å²) in [5.74, 6) is -0.490. The Labute approximate surface area is 344 Å². The van der Waals surface area contributed by atoms with E-state index in [2.05, 4.69) is 9.80 Å². The Kier molecular flexibility index (Phi) is 17.9. The second-order valence-corrected chi connectivity index (χ2v) is 14.6. The summed E-state index contributed by atoms with van der Waals surface area (Å²) in [6.07, 6.45) is -1.43. The highest BCUT2D eigenvalue weighted by Gasteiger charge is 2.37. The Morgan fingerprint density at radius 1 is 0.897 bits per heavy atom. The Balaban J connectivity index is 1.32. The molecule has 4 N–H and O–H groups in total. The van der Waals surface area contributed by atoms with Gasteiger partial charge in [-0.3, -0.25) is 9.59 Å². The number of para-hydroxylation sites is 1. The molecule has 13 nitrogen and oxygen atoms in total. The summed E-state index contributed by atoms with van der Waals surface area (Å²) in [6.45, 7) is 11.9. The van der Waals surface area contributed by atoms with Gasteiger partial charge in [-0.15, -0.1) is 0 Å². The maximum atomic E-state index is 14.0. The Bertz CT molecular complexity index is 1790. The fourth-order valence-corrected chi connectivity index (χ4v) is 7.71. The highest BCUT2D eigenvalue weighted by Crippen LogP contribution is 2.41. The van der Waals surface area contributed by atoms with Crippen molar-refractivity contribution in [2.45, 2.75) is 45.1 Å². The van der Waals surface area contributed by atoms with Gasteiger partial charge in [-0.25, -0.2) is 13.8 Å². The maximum absolute atomic E-state index is 14.0. The first-order chi connectivity index (χ1) is 28.2. The molecule has 2 amide bonds. The summed E-state index contributed by atoms with van der Waals surface area (Å²) in [5, 5.41) is 0.136. The number of carbonyl (C=O) groups is 2. The van der Waals surface area contributed by atoms with Gasteiger partial charge in [0.15, 0.2) is 5.69 Å². The van der Waals surface area contributed by atoms with E-state index in [9.17, 15) is 18.4 Å². The predicted molar refractivity (Wildman–Crippen MR) is 219 cm³/mol. The number of nitrogens with zero attached hydrogens (tertiary/aromatic N) is 4. The van der Waals surface area contributed by atoms with Gasteiger partial charge >= 0.3 is 0 Å². The van der Waals surface area contributed by atoms with Crippen LogP contribution in [-0.2, 0) is 18.9 Å². The van der Waals surface area contributed by atoms with Gasteiger partial charge in [-0.05, 0) is 68.3 Å². The molecule has 2 aliphatic heterocycles. The molecule has 0 aliphatic carbocycles. The lowest BCUT2D eigenvalue weighted by Crippen LogP contribution is -2.55. The van der Waals surface area contributed by atoms with Gasteiger partial charge in [-0.2, -0.15) is 0 Å². The summed E-state index contributed by atoms with van der Waals surface area (Å²) >= 11 is 6.01. The van der Waals surface area contributed by atoms with Gasteiger partial charge in [0, 0.05) is 72.9 Å². The van der Waals surface area contributed by atoms with Gasteiger partial charge in [0.25, 0.3) is 18.2 Å². The maximum Gasteiger partial charge on any atom is 0.269 e. The number of pyridine rings is 1. The number of ether oxygens (including phenoxy) is 5. The summed E-state index contributed by atoms with van der Waals surface area (Å²) in [5.41, 5.74) is 14.1. The largest absolute Gasteiger partial charge is 0.493 e. The molecule has 2 aromatic carbocycles. The number of likely N-dealkylation sites (tertiary alicyclic amines) is 1. The lowest BCUT2D eigenvalue weighted by atomic mass is 9.91. The molecule has 0 bridgehead atoms. The monoisotopic (exact) mass is 830 g/mol. The molecule has 2 aliphatic rings. The molecule has 2 atom stereocenters. The molecular formula is C42H57ClF2N6O7. The van der Waals surface area contributed by atoms with Crippen LogP contribution in [0.2, 0.25) is 5.02 Å². The topological polar surface area (TPSA) is 155 Å². The van der Waals surface area contributed by atoms with Crippen LogP contribution in [-0.4, -0.2) is 138 Å². The molecule has 58 heavy (non-hydrogen) atoms. The zero-order valence-electron chi connectivity index (χ0n) is 33.5. The number of primary amides is 1. The van der Waals surface area contributed by atoms with Gasteiger partial charge in [0.2, 0.25) is 0 Å². The first-order valence-electron chi connectivity index (χ1n) is 20.1. The third kappa shape index (κ3) is 12.1. The Morgan fingerprint density at radius 2 is 1.59 bits per heavy atom. The minimum atomic E-state index is -2.86. The van der Waals surface area contributed by atoms with Gasteiger partial charge in [-0.1, -0.05) is 30.7 Å². The molecule has 318 valence electrons. The van der Waals surface area contributed by atoms with Crippen molar-refractivity contribution in [2.75, 3.05) is 110 Å². The molecule has 0 unspecified atom stereocenters. The first kappa shape index (κ1) is 45.1. The van der Waals surface area contributed by atoms with Gasteiger partial charge in [0.05, 0.1) is 70.8 Å². The Hall–Kier alpha value is -3.96. The fourth-order valence-electron chi connectivity index (χ4n) is 7.53. The van der Waals surface area contributed by atoms with Crippen LogP contribution in [0.15, 0.2) is 48.5 Å². The van der Waals surface area contributed by atoms with E-state index < -0.39 is 23.8 Å². The van der Waals surface area contributed by atoms with E-state index in [-0.39, 0.29) is 41.3 Å². The lowest BCUT2D eigenvalue weighted by molar-refractivity contribution is -0.00266. The summed E-state index contributed by atoms with van der Waals surface area (Å²) in [7, 11) is 0. The molecule has 3 heterocycles. The van der Waals surface area contributed by atoms with Crippen molar-refractivity contribution in [3.05, 3.63) is 75.9 Å². The molecule has 3 aromatic rings. The molecular weight excluding hydrogens is 774 g/mol. The second-order valence-electron chi connectivity index (χ2n) is 14.2. The molecule has 16 heteroatoms. The highest BCUT2D eigenvalue weighted by atomic mass is 35.5. The number of halogens is 3. The molecule has 5 rings (SSSR count). The number of alkyl halides is 2. The van der Waals surface area contributed by atoms with Crippen molar-refractivity contribution in [3.63, 3.8) is 0 Å². The number of rotatable bonds is 23. The van der Waals surface area contributed by atoms with Crippen molar-refractivity contribution < 1.29 is 42.1 Å². The van der Waals surface area contributed by atoms with Crippen molar-refractivity contribution in [2.24, 2.45) is 11.5 Å². The SMILES string of the molecule is CCOc1ccccc1-c1cc([C@H]2CCN(CCOCCOCCOCCOCCN)C2)c(N2CCN(C(=O)c3ccc(Cl)cc3C(F)F)C[C@H]2CC)c(C(N)=O)n1. The fraction of sp³-hybridized carbons (Fsp3) is 0.548.